The SMILES string of the molecule is CC(=O)OC[C@@H](OC(C)=O)[C@@H](OC(C)=O)C(OC(C)=O)c1nc2c3c(-c4ccccc4)cn(-c4ccc(Cl)c(Cl)c4)c3ncn2n1. The summed E-state index contributed by atoms with van der Waals surface area (Å²) in [6.45, 7) is 4.05. The van der Waals surface area contributed by atoms with Crippen molar-refractivity contribution in [1.82, 2.24) is 24.1 Å². The van der Waals surface area contributed by atoms with Crippen LogP contribution in [0.25, 0.3) is 33.5 Å². The van der Waals surface area contributed by atoms with E-state index in [-0.39, 0.29) is 5.82 Å². The minimum absolute atomic E-state index is 0.1000. The highest BCUT2D eigenvalue weighted by Gasteiger charge is 2.41. The van der Waals surface area contributed by atoms with Crippen molar-refractivity contribution in [2.75, 3.05) is 6.61 Å². The smallest absolute Gasteiger partial charge is 0.303 e. The zero-order chi connectivity index (χ0) is 33.1. The maximum absolute atomic E-state index is 12.4. The largest absolute Gasteiger partial charge is 0.462 e. The molecule has 0 bridgehead atoms. The molecular formula is C31H27Cl2N5O8. The van der Waals surface area contributed by atoms with Crippen LogP contribution in [-0.4, -0.2) is 66.8 Å². The van der Waals surface area contributed by atoms with Crippen molar-refractivity contribution in [3.05, 3.63) is 76.9 Å². The predicted octanol–water partition coefficient (Wildman–Crippen LogP) is 5.07. The fraction of sp³-hybridized carbons (Fsp3) is 0.258. The van der Waals surface area contributed by atoms with E-state index in [2.05, 4.69) is 10.1 Å². The van der Waals surface area contributed by atoms with E-state index in [9.17, 15) is 19.2 Å². The van der Waals surface area contributed by atoms with Crippen molar-refractivity contribution in [1.29, 1.82) is 0 Å². The van der Waals surface area contributed by atoms with Gasteiger partial charge in [0.15, 0.2) is 29.3 Å². The molecule has 0 saturated carbocycles. The van der Waals surface area contributed by atoms with Crippen molar-refractivity contribution < 1.29 is 38.1 Å². The summed E-state index contributed by atoms with van der Waals surface area (Å²) in [6.07, 6.45) is -1.07. The lowest BCUT2D eigenvalue weighted by Crippen LogP contribution is -2.44. The van der Waals surface area contributed by atoms with Gasteiger partial charge in [-0.15, -0.1) is 5.10 Å². The van der Waals surface area contributed by atoms with E-state index in [1.807, 2.05) is 41.1 Å². The van der Waals surface area contributed by atoms with Gasteiger partial charge >= 0.3 is 23.9 Å². The van der Waals surface area contributed by atoms with Gasteiger partial charge in [-0.3, -0.25) is 19.2 Å². The van der Waals surface area contributed by atoms with Gasteiger partial charge in [0.2, 0.25) is 6.10 Å². The molecule has 3 aromatic heterocycles. The minimum atomic E-state index is -1.50. The van der Waals surface area contributed by atoms with E-state index >= 15 is 0 Å². The number of benzene rings is 2. The van der Waals surface area contributed by atoms with Crippen LogP contribution in [0.5, 0.6) is 0 Å². The topological polar surface area (TPSA) is 153 Å². The molecule has 46 heavy (non-hydrogen) atoms. The van der Waals surface area contributed by atoms with Crippen LogP contribution in [0.4, 0.5) is 0 Å². The van der Waals surface area contributed by atoms with Crippen LogP contribution in [0, 0.1) is 0 Å². The zero-order valence-electron chi connectivity index (χ0n) is 25.0. The summed E-state index contributed by atoms with van der Waals surface area (Å²) < 4.78 is 24.7. The third-order valence-electron chi connectivity index (χ3n) is 6.69. The molecule has 15 heteroatoms. The highest BCUT2D eigenvalue weighted by atomic mass is 35.5. The maximum Gasteiger partial charge on any atom is 0.303 e. The summed E-state index contributed by atoms with van der Waals surface area (Å²) >= 11 is 12.5. The lowest BCUT2D eigenvalue weighted by Gasteiger charge is -2.30. The molecule has 0 N–H and O–H groups in total. The molecule has 0 fully saturated rings. The molecule has 5 aromatic rings. The quantitative estimate of drug-likeness (QED) is 0.145. The second-order valence-corrected chi connectivity index (χ2v) is 10.9. The number of rotatable bonds is 10. The normalized spacial score (nSPS) is 13.2. The van der Waals surface area contributed by atoms with Gasteiger partial charge in [-0.2, -0.15) is 0 Å². The number of hydrogen-bond donors (Lipinski definition) is 0. The van der Waals surface area contributed by atoms with Gasteiger partial charge in [-0.05, 0) is 23.8 Å². The summed E-state index contributed by atoms with van der Waals surface area (Å²) in [4.78, 5) is 57.6. The Labute approximate surface area is 271 Å². The average molecular weight is 668 g/mol. The molecule has 238 valence electrons. The highest BCUT2D eigenvalue weighted by molar-refractivity contribution is 6.42. The van der Waals surface area contributed by atoms with Gasteiger partial charge in [-0.1, -0.05) is 53.5 Å². The number of hydrogen-bond acceptors (Lipinski definition) is 11. The van der Waals surface area contributed by atoms with E-state index in [1.165, 1.54) is 10.8 Å². The lowest BCUT2D eigenvalue weighted by molar-refractivity contribution is -0.190. The molecule has 0 spiro atoms. The van der Waals surface area contributed by atoms with Crippen molar-refractivity contribution in [3.63, 3.8) is 0 Å². The van der Waals surface area contributed by atoms with Crippen LogP contribution in [0.3, 0.4) is 0 Å². The first-order valence-electron chi connectivity index (χ1n) is 13.8. The first kappa shape index (κ1) is 32.4. The molecule has 13 nitrogen and oxygen atoms in total. The Morgan fingerprint density at radius 3 is 2.15 bits per heavy atom. The molecule has 3 heterocycles. The van der Waals surface area contributed by atoms with Gasteiger partial charge in [0.05, 0.1) is 15.4 Å². The van der Waals surface area contributed by atoms with Crippen molar-refractivity contribution in [2.24, 2.45) is 0 Å². The van der Waals surface area contributed by atoms with E-state index in [1.54, 1.807) is 18.2 Å². The summed E-state index contributed by atoms with van der Waals surface area (Å²) in [7, 11) is 0. The Kier molecular flexibility index (Phi) is 9.54. The summed E-state index contributed by atoms with van der Waals surface area (Å²) in [5, 5.41) is 5.85. The van der Waals surface area contributed by atoms with Crippen LogP contribution in [0.2, 0.25) is 10.0 Å². The van der Waals surface area contributed by atoms with Crippen LogP contribution >= 0.6 is 23.2 Å². The standard InChI is InChI=1S/C31H27Cl2N5O8/c1-16(39)43-14-25(44-17(2)40)27(45-18(3)41)28(46-19(4)42)29-35-31-26-22(20-8-6-5-7-9-20)13-37(30(26)34-15-38(31)36-29)21-10-11-23(32)24(33)12-21/h5-13,15,25,27-28H,14H2,1-4H3/t25-,27-,28?/m1/s1. The second-order valence-electron chi connectivity index (χ2n) is 10.1. The number of carbonyl (C=O) groups is 4. The molecule has 0 aliphatic rings. The van der Waals surface area contributed by atoms with Crippen LogP contribution < -0.4 is 0 Å². The van der Waals surface area contributed by atoms with Crippen molar-refractivity contribution >= 4 is 63.8 Å². The Morgan fingerprint density at radius 2 is 1.52 bits per heavy atom. The van der Waals surface area contributed by atoms with Crippen molar-refractivity contribution in [3.8, 4) is 16.8 Å². The number of carbonyl (C=O) groups excluding carboxylic acids is 4. The summed E-state index contributed by atoms with van der Waals surface area (Å²) in [6, 6.07) is 14.7. The Bertz CT molecular complexity index is 1960. The molecular weight excluding hydrogens is 641 g/mol. The molecule has 2 aromatic carbocycles. The molecule has 0 aliphatic heterocycles. The Balaban J connectivity index is 1.73. The number of nitrogens with zero attached hydrogens (tertiary/aromatic N) is 5. The van der Waals surface area contributed by atoms with Gasteiger partial charge in [-0.25, -0.2) is 14.5 Å². The predicted molar refractivity (Wildman–Crippen MR) is 165 cm³/mol. The average Bonchev–Trinajstić information content (AvgIpc) is 3.60. The summed E-state index contributed by atoms with van der Waals surface area (Å²) in [5.74, 6) is -3.10. The first-order chi connectivity index (χ1) is 21.9. The molecule has 0 radical (unpaired) electrons. The Hall–Kier alpha value is -5.01. The number of fused-ring (bicyclic) bond motifs is 3. The maximum atomic E-state index is 12.4. The number of esters is 4. The Morgan fingerprint density at radius 1 is 0.826 bits per heavy atom. The third-order valence-corrected chi connectivity index (χ3v) is 7.43. The second kappa shape index (κ2) is 13.5. The lowest BCUT2D eigenvalue weighted by atomic mass is 10.1. The number of aromatic nitrogens is 5. The minimum Gasteiger partial charge on any atom is -0.462 e. The first-order valence-corrected chi connectivity index (χ1v) is 14.6. The zero-order valence-corrected chi connectivity index (χ0v) is 26.5. The van der Waals surface area contributed by atoms with Crippen LogP contribution in [0.15, 0.2) is 61.1 Å². The molecule has 0 amide bonds. The van der Waals surface area contributed by atoms with Gasteiger partial charge in [0, 0.05) is 45.1 Å². The monoisotopic (exact) mass is 667 g/mol. The summed E-state index contributed by atoms with van der Waals surface area (Å²) in [5.41, 5.74) is 3.08. The van der Waals surface area contributed by atoms with E-state index < -0.39 is 48.8 Å². The number of halogens is 2. The van der Waals surface area contributed by atoms with E-state index in [0.717, 1.165) is 38.8 Å². The fourth-order valence-electron chi connectivity index (χ4n) is 4.91. The van der Waals surface area contributed by atoms with Gasteiger partial charge in [0.25, 0.3) is 0 Å². The molecule has 0 saturated heterocycles. The molecule has 5 rings (SSSR count). The molecule has 1 unspecified atom stereocenters. The van der Waals surface area contributed by atoms with Crippen molar-refractivity contribution in [2.45, 2.75) is 46.0 Å². The molecule has 0 aliphatic carbocycles. The van der Waals surface area contributed by atoms with Crippen LogP contribution in [-0.2, 0) is 38.1 Å². The van der Waals surface area contributed by atoms with E-state index in [0.29, 0.717) is 32.4 Å². The van der Waals surface area contributed by atoms with Gasteiger partial charge in [0.1, 0.15) is 12.9 Å². The third kappa shape index (κ3) is 6.95. The van der Waals surface area contributed by atoms with Crippen LogP contribution in [0.1, 0.15) is 39.6 Å². The fourth-order valence-corrected chi connectivity index (χ4v) is 5.20. The highest BCUT2D eigenvalue weighted by Crippen LogP contribution is 2.36. The van der Waals surface area contributed by atoms with E-state index in [4.69, 9.17) is 47.1 Å². The van der Waals surface area contributed by atoms with Gasteiger partial charge < -0.3 is 23.5 Å². The number of ether oxygens (including phenoxy) is 4. The molecule has 3 atom stereocenters.